The van der Waals surface area contributed by atoms with E-state index in [2.05, 4.69) is 17.1 Å². The molecule has 0 fully saturated rings. The van der Waals surface area contributed by atoms with Crippen molar-refractivity contribution in [2.75, 3.05) is 0 Å². The zero-order valence-corrected chi connectivity index (χ0v) is 16.8. The molecule has 0 aliphatic rings. The van der Waals surface area contributed by atoms with Crippen LogP contribution in [0.25, 0.3) is 11.0 Å². The number of rotatable bonds is 6. The van der Waals surface area contributed by atoms with Crippen molar-refractivity contribution in [2.45, 2.75) is 26.0 Å². The Morgan fingerprint density at radius 1 is 1.03 bits per heavy atom. The molecule has 150 valence electrons. The summed E-state index contributed by atoms with van der Waals surface area (Å²) in [4.78, 5) is 4.26. The molecule has 0 amide bonds. The van der Waals surface area contributed by atoms with Gasteiger partial charge in [-0.3, -0.25) is 0 Å². The molecule has 0 aliphatic heterocycles. The SMILES string of the molecule is CC(Oc1ccc(CCn2cnc3cc(F)ccc32)cc1)c1ccc(O)cc1.Cl. The Hall–Kier alpha value is -3.05. The van der Waals surface area contributed by atoms with Gasteiger partial charge < -0.3 is 14.4 Å². The van der Waals surface area contributed by atoms with Crippen molar-refractivity contribution in [3.8, 4) is 11.5 Å². The first-order valence-electron chi connectivity index (χ1n) is 9.23. The van der Waals surface area contributed by atoms with E-state index in [1.165, 1.54) is 17.7 Å². The number of aryl methyl sites for hydroxylation is 2. The number of phenolic OH excluding ortho intramolecular Hbond substituents is 1. The lowest BCUT2D eigenvalue weighted by atomic mass is 10.1. The lowest BCUT2D eigenvalue weighted by molar-refractivity contribution is 0.227. The summed E-state index contributed by atoms with van der Waals surface area (Å²) in [7, 11) is 0. The maximum Gasteiger partial charge on any atom is 0.125 e. The summed E-state index contributed by atoms with van der Waals surface area (Å²) >= 11 is 0. The number of fused-ring (bicyclic) bond motifs is 1. The molecule has 0 aliphatic carbocycles. The van der Waals surface area contributed by atoms with E-state index in [-0.39, 0.29) is 30.1 Å². The summed E-state index contributed by atoms with van der Waals surface area (Å²) in [6.45, 7) is 2.75. The predicted molar refractivity (Wildman–Crippen MR) is 114 cm³/mol. The van der Waals surface area contributed by atoms with E-state index in [0.29, 0.717) is 5.52 Å². The van der Waals surface area contributed by atoms with Gasteiger partial charge in [0.15, 0.2) is 0 Å². The van der Waals surface area contributed by atoms with Crippen molar-refractivity contribution in [2.24, 2.45) is 0 Å². The summed E-state index contributed by atoms with van der Waals surface area (Å²) in [6.07, 6.45) is 2.49. The second kappa shape index (κ2) is 8.97. The largest absolute Gasteiger partial charge is 0.508 e. The minimum Gasteiger partial charge on any atom is -0.508 e. The molecule has 1 N–H and O–H groups in total. The van der Waals surface area contributed by atoms with Crippen molar-refractivity contribution >= 4 is 23.4 Å². The minimum absolute atomic E-state index is 0. The molecule has 4 rings (SSSR count). The number of hydrogen-bond donors (Lipinski definition) is 1. The van der Waals surface area contributed by atoms with Crippen LogP contribution in [0.1, 0.15) is 24.2 Å². The molecule has 0 bridgehead atoms. The zero-order valence-electron chi connectivity index (χ0n) is 16.0. The molecule has 0 saturated carbocycles. The molecule has 4 aromatic rings. The molecule has 0 radical (unpaired) electrons. The highest BCUT2D eigenvalue weighted by Crippen LogP contribution is 2.24. The van der Waals surface area contributed by atoms with Crippen LogP contribution in [0.5, 0.6) is 11.5 Å². The number of aromatic hydroxyl groups is 1. The first-order chi connectivity index (χ1) is 13.6. The second-order valence-corrected chi connectivity index (χ2v) is 6.82. The number of phenols is 1. The van der Waals surface area contributed by atoms with Gasteiger partial charge in [0.05, 0.1) is 17.4 Å². The lowest BCUT2D eigenvalue weighted by Gasteiger charge is -2.15. The van der Waals surface area contributed by atoms with Gasteiger partial charge in [0.1, 0.15) is 23.4 Å². The summed E-state index contributed by atoms with van der Waals surface area (Å²) in [5, 5.41) is 9.39. The maximum atomic E-state index is 13.3. The monoisotopic (exact) mass is 412 g/mol. The van der Waals surface area contributed by atoms with Crippen LogP contribution in [0.2, 0.25) is 0 Å². The van der Waals surface area contributed by atoms with Gasteiger partial charge in [-0.05, 0) is 60.9 Å². The number of hydrogen-bond acceptors (Lipinski definition) is 3. The number of ether oxygens (including phenoxy) is 1. The fourth-order valence-electron chi connectivity index (χ4n) is 3.22. The van der Waals surface area contributed by atoms with E-state index in [9.17, 15) is 9.50 Å². The van der Waals surface area contributed by atoms with Crippen molar-refractivity contribution in [3.63, 3.8) is 0 Å². The van der Waals surface area contributed by atoms with Gasteiger partial charge in [-0.25, -0.2) is 9.37 Å². The van der Waals surface area contributed by atoms with Gasteiger partial charge in [0.25, 0.3) is 0 Å². The highest BCUT2D eigenvalue weighted by molar-refractivity contribution is 5.85. The van der Waals surface area contributed by atoms with Gasteiger partial charge in [-0.2, -0.15) is 0 Å². The Morgan fingerprint density at radius 3 is 2.48 bits per heavy atom. The van der Waals surface area contributed by atoms with Crippen LogP contribution < -0.4 is 4.74 Å². The van der Waals surface area contributed by atoms with E-state index in [4.69, 9.17) is 4.74 Å². The van der Waals surface area contributed by atoms with Crippen LogP contribution >= 0.6 is 12.4 Å². The standard InChI is InChI=1S/C23H21FN2O2.ClH/c1-16(18-4-7-20(27)8-5-18)28-21-9-2-17(3-10-21)12-13-26-15-25-22-14-19(24)6-11-23(22)26;/h2-11,14-16,27H,12-13H2,1H3;1H. The van der Waals surface area contributed by atoms with Crippen LogP contribution in [0.3, 0.4) is 0 Å². The molecule has 1 atom stereocenters. The molecule has 4 nitrogen and oxygen atoms in total. The van der Waals surface area contributed by atoms with Crippen LogP contribution in [0.15, 0.2) is 73.1 Å². The molecular weight excluding hydrogens is 391 g/mol. The fraction of sp³-hybridized carbons (Fsp3) is 0.174. The van der Waals surface area contributed by atoms with Crippen molar-refractivity contribution in [3.05, 3.63) is 90.0 Å². The molecule has 1 unspecified atom stereocenters. The number of halogens is 2. The van der Waals surface area contributed by atoms with E-state index in [1.54, 1.807) is 24.5 Å². The molecule has 0 saturated heterocycles. The molecule has 0 spiro atoms. The van der Waals surface area contributed by atoms with Gasteiger partial charge in [-0.15, -0.1) is 12.4 Å². The van der Waals surface area contributed by atoms with Crippen molar-refractivity contribution < 1.29 is 14.2 Å². The first-order valence-corrected chi connectivity index (χ1v) is 9.23. The molecule has 3 aromatic carbocycles. The quantitative estimate of drug-likeness (QED) is 0.442. The van der Waals surface area contributed by atoms with Crippen LogP contribution in [0, 0.1) is 5.82 Å². The fourth-order valence-corrected chi connectivity index (χ4v) is 3.22. The zero-order chi connectivity index (χ0) is 19.5. The Morgan fingerprint density at radius 2 is 1.76 bits per heavy atom. The number of aromatic nitrogens is 2. The Balaban J connectivity index is 0.00000240. The average Bonchev–Trinajstić information content (AvgIpc) is 3.10. The second-order valence-electron chi connectivity index (χ2n) is 6.82. The Bertz CT molecular complexity index is 1080. The van der Waals surface area contributed by atoms with Crippen LogP contribution in [-0.4, -0.2) is 14.7 Å². The van der Waals surface area contributed by atoms with Gasteiger partial charge >= 0.3 is 0 Å². The third kappa shape index (κ3) is 4.87. The normalized spacial score (nSPS) is 11.8. The smallest absolute Gasteiger partial charge is 0.125 e. The first kappa shape index (κ1) is 20.7. The molecule has 29 heavy (non-hydrogen) atoms. The Kier molecular flexibility index (Phi) is 6.39. The van der Waals surface area contributed by atoms with E-state index < -0.39 is 0 Å². The topological polar surface area (TPSA) is 47.3 Å². The maximum absolute atomic E-state index is 13.3. The third-order valence-corrected chi connectivity index (χ3v) is 4.82. The van der Waals surface area contributed by atoms with Crippen LogP contribution in [0.4, 0.5) is 4.39 Å². The molecule has 6 heteroatoms. The summed E-state index contributed by atoms with van der Waals surface area (Å²) in [5.74, 6) is 0.777. The van der Waals surface area contributed by atoms with E-state index >= 15 is 0 Å². The van der Waals surface area contributed by atoms with Crippen LogP contribution in [-0.2, 0) is 13.0 Å². The molecule has 1 heterocycles. The van der Waals surface area contributed by atoms with Gasteiger partial charge in [-0.1, -0.05) is 24.3 Å². The number of imidazole rings is 1. The molecule has 1 aromatic heterocycles. The summed E-state index contributed by atoms with van der Waals surface area (Å²) < 4.78 is 21.3. The van der Waals surface area contributed by atoms with E-state index in [1.807, 2.05) is 35.8 Å². The van der Waals surface area contributed by atoms with Crippen molar-refractivity contribution in [1.29, 1.82) is 0 Å². The molecular formula is C23H22ClFN2O2. The summed E-state index contributed by atoms with van der Waals surface area (Å²) in [6, 6.07) is 19.7. The highest BCUT2D eigenvalue weighted by atomic mass is 35.5. The third-order valence-electron chi connectivity index (χ3n) is 4.82. The number of benzene rings is 3. The van der Waals surface area contributed by atoms with Gasteiger partial charge in [0.2, 0.25) is 0 Å². The Labute approximate surface area is 175 Å². The summed E-state index contributed by atoms with van der Waals surface area (Å²) in [5.41, 5.74) is 3.80. The predicted octanol–water partition coefficient (Wildman–Crippen LogP) is 5.69. The lowest BCUT2D eigenvalue weighted by Crippen LogP contribution is -2.03. The van der Waals surface area contributed by atoms with E-state index in [0.717, 1.165) is 29.8 Å². The average molecular weight is 413 g/mol. The van der Waals surface area contributed by atoms with Gasteiger partial charge in [0, 0.05) is 12.6 Å². The van der Waals surface area contributed by atoms with Crippen molar-refractivity contribution in [1.82, 2.24) is 9.55 Å². The minimum atomic E-state index is -0.269. The highest BCUT2D eigenvalue weighted by Gasteiger charge is 2.08. The number of nitrogens with zero attached hydrogens (tertiary/aromatic N) is 2.